The van der Waals surface area contributed by atoms with Gasteiger partial charge in [0.1, 0.15) is 5.75 Å². The second-order valence-corrected chi connectivity index (χ2v) is 5.64. The number of hydrogen-bond acceptors (Lipinski definition) is 1. The molecule has 1 aromatic carbocycles. The maximum Gasteiger partial charge on any atom is 0.159 e. The maximum absolute atomic E-state index is 11.0. The van der Waals surface area contributed by atoms with Crippen molar-refractivity contribution in [3.05, 3.63) is 35.4 Å². The number of hydrogen-bond donors (Lipinski definition) is 0. The fraction of sp³-hybridized carbons (Fsp3) is 0.364. The molecule has 0 fully saturated rings. The van der Waals surface area contributed by atoms with Crippen LogP contribution in [0.5, 0.6) is 0 Å². The molecule has 2 heteroatoms. The molecule has 0 heterocycles. The van der Waals surface area contributed by atoms with Gasteiger partial charge in [-0.25, -0.2) is 0 Å². The third kappa shape index (κ3) is 3.23. The average molecular weight is 195 g/mol. The van der Waals surface area contributed by atoms with Crippen molar-refractivity contribution in [2.24, 2.45) is 0 Å². The first-order chi connectivity index (χ1) is 6.09. The van der Waals surface area contributed by atoms with E-state index in [0.717, 1.165) is 11.3 Å². The Bertz CT molecular complexity index is 287. The van der Waals surface area contributed by atoms with Gasteiger partial charge in [-0.3, -0.25) is 4.79 Å². The van der Waals surface area contributed by atoms with Crippen LogP contribution in [0.25, 0.3) is 0 Å². The van der Waals surface area contributed by atoms with E-state index in [-0.39, 0.29) is 5.78 Å². The zero-order valence-corrected chi connectivity index (χ0v) is 9.15. The van der Waals surface area contributed by atoms with Crippen molar-refractivity contribution in [3.63, 3.8) is 0 Å². The first kappa shape index (κ1) is 10.3. The summed E-state index contributed by atoms with van der Waals surface area (Å²) >= 11 is 0. The highest BCUT2D eigenvalue weighted by atomic mass is 32.2. The Morgan fingerprint density at radius 2 is 1.77 bits per heavy atom. The lowest BCUT2D eigenvalue weighted by atomic mass is 10.1. The SMILES string of the molecule is CC(=O)c1ccc(C[S+](C)C)cc1. The lowest BCUT2D eigenvalue weighted by molar-refractivity contribution is 0.101. The van der Waals surface area contributed by atoms with E-state index in [0.29, 0.717) is 10.9 Å². The summed E-state index contributed by atoms with van der Waals surface area (Å²) in [5, 5.41) is 0. The number of ketones is 1. The van der Waals surface area contributed by atoms with Crippen molar-refractivity contribution in [2.75, 3.05) is 12.5 Å². The van der Waals surface area contributed by atoms with E-state index in [2.05, 4.69) is 12.5 Å². The van der Waals surface area contributed by atoms with Crippen molar-refractivity contribution in [3.8, 4) is 0 Å². The number of Topliss-reactive ketones (excluding diaryl/α,β-unsaturated/α-hetero) is 1. The summed E-state index contributed by atoms with van der Waals surface area (Å²) in [4.78, 5) is 11.0. The maximum atomic E-state index is 11.0. The summed E-state index contributed by atoms with van der Waals surface area (Å²) in [6, 6.07) is 7.91. The van der Waals surface area contributed by atoms with Crippen LogP contribution in [0.15, 0.2) is 24.3 Å². The second-order valence-electron chi connectivity index (χ2n) is 3.38. The molecule has 0 aliphatic rings. The molecule has 70 valence electrons. The van der Waals surface area contributed by atoms with Gasteiger partial charge in [-0.2, -0.15) is 0 Å². The molecule has 0 atom stereocenters. The van der Waals surface area contributed by atoms with Crippen molar-refractivity contribution < 1.29 is 4.79 Å². The molecule has 0 unspecified atom stereocenters. The van der Waals surface area contributed by atoms with Gasteiger partial charge in [0.25, 0.3) is 0 Å². The third-order valence-electron chi connectivity index (χ3n) is 1.82. The Morgan fingerprint density at radius 3 is 2.15 bits per heavy atom. The lowest BCUT2D eigenvalue weighted by Crippen LogP contribution is -2.00. The molecule has 13 heavy (non-hydrogen) atoms. The van der Waals surface area contributed by atoms with Crippen molar-refractivity contribution in [2.45, 2.75) is 12.7 Å². The second kappa shape index (κ2) is 4.47. The molecule has 0 saturated heterocycles. The fourth-order valence-electron chi connectivity index (χ4n) is 1.17. The van der Waals surface area contributed by atoms with Gasteiger partial charge < -0.3 is 0 Å². The Hall–Kier alpha value is -0.760. The molecular weight excluding hydrogens is 180 g/mol. The lowest BCUT2D eigenvalue weighted by Gasteiger charge is -1.99. The van der Waals surface area contributed by atoms with Crippen LogP contribution < -0.4 is 0 Å². The average Bonchev–Trinajstić information content (AvgIpc) is 2.04. The fourth-order valence-corrected chi connectivity index (χ4v) is 2.03. The minimum atomic E-state index is 0.138. The molecule has 0 radical (unpaired) electrons. The third-order valence-corrected chi connectivity index (χ3v) is 2.73. The minimum absolute atomic E-state index is 0.138. The van der Waals surface area contributed by atoms with Crippen LogP contribution in [-0.2, 0) is 16.6 Å². The van der Waals surface area contributed by atoms with Crippen LogP contribution in [0.4, 0.5) is 0 Å². The standard InChI is InChI=1S/C11H15OS/c1-9(12)11-6-4-10(5-7-11)8-13(2)3/h4-7H,8H2,1-3H3/q+1. The molecular formula is C11H15OS+. The van der Waals surface area contributed by atoms with E-state index in [1.54, 1.807) is 6.92 Å². The van der Waals surface area contributed by atoms with Crippen molar-refractivity contribution >= 4 is 16.7 Å². The van der Waals surface area contributed by atoms with Crippen LogP contribution in [0.1, 0.15) is 22.8 Å². The van der Waals surface area contributed by atoms with Gasteiger partial charge in [-0.15, -0.1) is 0 Å². The molecule has 1 aromatic rings. The first-order valence-corrected chi connectivity index (χ1v) is 6.44. The van der Waals surface area contributed by atoms with Gasteiger partial charge in [-0.1, -0.05) is 24.3 Å². The molecule has 0 saturated carbocycles. The van der Waals surface area contributed by atoms with Crippen LogP contribution in [-0.4, -0.2) is 18.3 Å². The molecule has 0 bridgehead atoms. The van der Waals surface area contributed by atoms with Gasteiger partial charge in [0.2, 0.25) is 0 Å². The highest BCUT2D eigenvalue weighted by Gasteiger charge is 2.05. The minimum Gasteiger partial charge on any atom is -0.295 e. The number of carbonyl (C=O) groups excluding carboxylic acids is 1. The Kier molecular flexibility index (Phi) is 3.55. The molecule has 0 aromatic heterocycles. The summed E-state index contributed by atoms with van der Waals surface area (Å²) in [6.07, 6.45) is 4.44. The molecule has 1 nitrogen and oxygen atoms in total. The summed E-state index contributed by atoms with van der Waals surface area (Å²) in [7, 11) is 0.431. The van der Waals surface area contributed by atoms with Crippen LogP contribution in [0.3, 0.4) is 0 Å². The van der Waals surface area contributed by atoms with Gasteiger partial charge in [0, 0.05) is 11.1 Å². The zero-order chi connectivity index (χ0) is 9.84. The highest BCUT2D eigenvalue weighted by molar-refractivity contribution is 7.94. The number of rotatable bonds is 3. The first-order valence-electron chi connectivity index (χ1n) is 4.23. The van der Waals surface area contributed by atoms with Gasteiger partial charge in [0.15, 0.2) is 5.78 Å². The monoisotopic (exact) mass is 195 g/mol. The largest absolute Gasteiger partial charge is 0.295 e. The Labute approximate surface area is 82.5 Å². The Balaban J connectivity index is 2.75. The molecule has 0 aliphatic heterocycles. The van der Waals surface area contributed by atoms with E-state index in [9.17, 15) is 4.79 Å². The molecule has 0 aliphatic carbocycles. The number of benzene rings is 1. The normalized spacial score (nSPS) is 10.5. The molecule has 0 N–H and O–H groups in total. The molecule has 0 spiro atoms. The van der Waals surface area contributed by atoms with Gasteiger partial charge >= 0.3 is 0 Å². The quantitative estimate of drug-likeness (QED) is 0.534. The van der Waals surface area contributed by atoms with E-state index in [4.69, 9.17) is 0 Å². The van der Waals surface area contributed by atoms with E-state index < -0.39 is 0 Å². The molecule has 1 rings (SSSR count). The van der Waals surface area contributed by atoms with Crippen molar-refractivity contribution in [1.82, 2.24) is 0 Å². The smallest absolute Gasteiger partial charge is 0.159 e. The summed E-state index contributed by atoms with van der Waals surface area (Å²) in [5.74, 6) is 1.25. The predicted molar refractivity (Wildman–Crippen MR) is 59.4 cm³/mol. The number of carbonyl (C=O) groups is 1. The van der Waals surface area contributed by atoms with Gasteiger partial charge in [-0.05, 0) is 17.8 Å². The summed E-state index contributed by atoms with van der Waals surface area (Å²) in [6.45, 7) is 1.60. The Morgan fingerprint density at radius 1 is 1.23 bits per heavy atom. The highest BCUT2D eigenvalue weighted by Crippen LogP contribution is 2.08. The molecule has 0 amide bonds. The van der Waals surface area contributed by atoms with Crippen molar-refractivity contribution in [1.29, 1.82) is 0 Å². The van der Waals surface area contributed by atoms with E-state index in [1.165, 1.54) is 5.56 Å². The topological polar surface area (TPSA) is 17.1 Å². The van der Waals surface area contributed by atoms with Gasteiger partial charge in [0.05, 0.1) is 12.5 Å². The van der Waals surface area contributed by atoms with Crippen LogP contribution in [0, 0.1) is 0 Å². The van der Waals surface area contributed by atoms with E-state index in [1.807, 2.05) is 24.3 Å². The summed E-state index contributed by atoms with van der Waals surface area (Å²) < 4.78 is 0. The summed E-state index contributed by atoms with van der Waals surface area (Å²) in [5.41, 5.74) is 2.12. The van der Waals surface area contributed by atoms with Crippen LogP contribution >= 0.6 is 0 Å². The van der Waals surface area contributed by atoms with E-state index >= 15 is 0 Å². The zero-order valence-electron chi connectivity index (χ0n) is 8.33. The van der Waals surface area contributed by atoms with Crippen LogP contribution in [0.2, 0.25) is 0 Å². The predicted octanol–water partition coefficient (Wildman–Crippen LogP) is 2.27.